The molecule has 0 saturated carbocycles. The van der Waals surface area contributed by atoms with E-state index in [0.29, 0.717) is 50.8 Å². The molecule has 4 aromatic rings. The summed E-state index contributed by atoms with van der Waals surface area (Å²) in [4.78, 5) is 22.1. The minimum absolute atomic E-state index is 0.153. The maximum atomic E-state index is 13.4. The van der Waals surface area contributed by atoms with Crippen molar-refractivity contribution in [2.45, 2.75) is 0 Å². The maximum Gasteiger partial charge on any atom is 0.255 e. The van der Waals surface area contributed by atoms with Crippen molar-refractivity contribution in [3.63, 3.8) is 0 Å². The highest BCUT2D eigenvalue weighted by atomic mass is 32.2. The van der Waals surface area contributed by atoms with Crippen LogP contribution < -0.4 is 4.90 Å². The molecule has 5 heterocycles. The SMILES string of the molecule is CS(=O)(=O)N1CCN(C(=O)c2cc3c(N4CCOCC4)nc(-c4cccc5[nH]ncc45)nn3c2)CC1. The van der Waals surface area contributed by atoms with Gasteiger partial charge in [0.15, 0.2) is 11.6 Å². The normalized spacial score (nSPS) is 17.8. The van der Waals surface area contributed by atoms with Gasteiger partial charge in [-0.1, -0.05) is 12.1 Å². The highest BCUT2D eigenvalue weighted by Crippen LogP contribution is 2.29. The van der Waals surface area contributed by atoms with E-state index >= 15 is 0 Å². The summed E-state index contributed by atoms with van der Waals surface area (Å²) in [6.07, 6.45) is 4.68. The first kappa shape index (κ1) is 22.9. The molecule has 3 aromatic heterocycles. The molecule has 1 N–H and O–H groups in total. The van der Waals surface area contributed by atoms with Gasteiger partial charge in [-0.15, -0.1) is 5.10 Å². The molecular weight excluding hydrogens is 484 g/mol. The number of H-pyrrole nitrogens is 1. The van der Waals surface area contributed by atoms with Gasteiger partial charge in [0.05, 0.1) is 36.7 Å². The Kier molecular flexibility index (Phi) is 5.62. The second-order valence-corrected chi connectivity index (χ2v) is 11.0. The number of nitrogens with zero attached hydrogens (tertiary/aromatic N) is 7. The number of fused-ring (bicyclic) bond motifs is 2. The summed E-state index contributed by atoms with van der Waals surface area (Å²) in [5.74, 6) is 1.12. The number of nitrogens with one attached hydrogen (secondary N) is 1. The number of anilines is 1. The lowest BCUT2D eigenvalue weighted by Gasteiger charge is -2.33. The highest BCUT2D eigenvalue weighted by Gasteiger charge is 2.28. The number of ether oxygens (including phenoxy) is 1. The molecule has 13 heteroatoms. The Balaban J connectivity index is 1.39. The molecule has 2 saturated heterocycles. The minimum Gasteiger partial charge on any atom is -0.378 e. The Bertz CT molecular complexity index is 1550. The molecule has 0 unspecified atom stereocenters. The van der Waals surface area contributed by atoms with Crippen LogP contribution in [0.1, 0.15) is 10.4 Å². The molecule has 1 aromatic carbocycles. The summed E-state index contributed by atoms with van der Waals surface area (Å²) in [7, 11) is -3.27. The van der Waals surface area contributed by atoms with E-state index in [1.165, 1.54) is 10.6 Å². The lowest BCUT2D eigenvalue weighted by molar-refractivity contribution is 0.0698. The van der Waals surface area contributed by atoms with Crippen molar-refractivity contribution in [1.82, 2.24) is 34.0 Å². The zero-order valence-electron chi connectivity index (χ0n) is 19.8. The van der Waals surface area contributed by atoms with E-state index in [0.717, 1.165) is 27.8 Å². The molecule has 36 heavy (non-hydrogen) atoms. The minimum atomic E-state index is -3.27. The van der Waals surface area contributed by atoms with Crippen LogP contribution in [0, 0.1) is 0 Å². The van der Waals surface area contributed by atoms with Crippen LogP contribution in [0.25, 0.3) is 27.8 Å². The van der Waals surface area contributed by atoms with Crippen molar-refractivity contribution in [2.24, 2.45) is 0 Å². The van der Waals surface area contributed by atoms with Crippen LogP contribution in [-0.4, -0.2) is 107 Å². The predicted octanol–water partition coefficient (Wildman–Crippen LogP) is 0.827. The number of sulfonamides is 1. The number of carbonyl (C=O) groups excluding carboxylic acids is 1. The summed E-state index contributed by atoms with van der Waals surface area (Å²) >= 11 is 0. The predicted molar refractivity (Wildman–Crippen MR) is 133 cm³/mol. The van der Waals surface area contributed by atoms with Gasteiger partial charge in [-0.05, 0) is 12.1 Å². The maximum absolute atomic E-state index is 13.4. The zero-order chi connectivity index (χ0) is 24.9. The zero-order valence-corrected chi connectivity index (χ0v) is 20.6. The van der Waals surface area contributed by atoms with Crippen molar-refractivity contribution in [1.29, 1.82) is 0 Å². The van der Waals surface area contributed by atoms with Crippen LogP contribution in [0.15, 0.2) is 36.7 Å². The Hall–Kier alpha value is -3.55. The molecule has 188 valence electrons. The summed E-state index contributed by atoms with van der Waals surface area (Å²) in [6, 6.07) is 7.65. The van der Waals surface area contributed by atoms with Crippen molar-refractivity contribution >= 4 is 38.2 Å². The van der Waals surface area contributed by atoms with Crippen LogP contribution >= 0.6 is 0 Å². The number of amides is 1. The summed E-state index contributed by atoms with van der Waals surface area (Å²) in [5.41, 5.74) is 2.96. The quantitative estimate of drug-likeness (QED) is 0.427. The van der Waals surface area contributed by atoms with Gasteiger partial charge in [-0.3, -0.25) is 9.89 Å². The van der Waals surface area contributed by atoms with Gasteiger partial charge < -0.3 is 14.5 Å². The molecule has 0 atom stereocenters. The fourth-order valence-electron chi connectivity index (χ4n) is 4.79. The number of hydrogen-bond donors (Lipinski definition) is 1. The van der Waals surface area contributed by atoms with Gasteiger partial charge in [-0.25, -0.2) is 17.9 Å². The molecule has 1 amide bonds. The number of aromatic nitrogens is 5. The first-order valence-electron chi connectivity index (χ1n) is 11.8. The first-order valence-corrected chi connectivity index (χ1v) is 13.6. The second-order valence-electron chi connectivity index (χ2n) is 9.01. The Labute approximate surface area is 207 Å². The molecule has 0 radical (unpaired) electrons. The van der Waals surface area contributed by atoms with Crippen molar-refractivity contribution < 1.29 is 17.9 Å². The summed E-state index contributed by atoms with van der Waals surface area (Å²) < 4.78 is 32.3. The molecule has 0 bridgehead atoms. The first-order chi connectivity index (χ1) is 17.4. The van der Waals surface area contributed by atoms with Gasteiger partial charge in [0.25, 0.3) is 5.91 Å². The van der Waals surface area contributed by atoms with Crippen LogP contribution in [0.4, 0.5) is 5.82 Å². The molecule has 2 aliphatic rings. The van der Waals surface area contributed by atoms with Crippen LogP contribution in [0.5, 0.6) is 0 Å². The standard InChI is InChI=1S/C23H26N8O4S/c1-36(33,34)30-7-5-29(6-8-30)23(32)16-13-20-22(28-9-11-35-12-10-28)25-21(27-31(20)15-16)17-3-2-4-19-18(17)14-24-26-19/h2-4,13-15H,5-12H2,1H3,(H,24,26). The van der Waals surface area contributed by atoms with Crippen molar-refractivity contribution in [3.05, 3.63) is 42.2 Å². The number of morpholine rings is 1. The highest BCUT2D eigenvalue weighted by molar-refractivity contribution is 7.88. The van der Waals surface area contributed by atoms with Crippen LogP contribution in [-0.2, 0) is 14.8 Å². The third-order valence-electron chi connectivity index (χ3n) is 6.72. The topological polar surface area (TPSA) is 129 Å². The number of piperazine rings is 1. The fraction of sp³-hybridized carbons (Fsp3) is 0.391. The second kappa shape index (κ2) is 8.84. The van der Waals surface area contributed by atoms with E-state index in [4.69, 9.17) is 14.8 Å². The van der Waals surface area contributed by atoms with E-state index in [1.807, 2.05) is 24.3 Å². The number of rotatable bonds is 4. The van der Waals surface area contributed by atoms with Gasteiger partial charge in [0.2, 0.25) is 10.0 Å². The Morgan fingerprint density at radius 1 is 1.08 bits per heavy atom. The van der Waals surface area contributed by atoms with E-state index in [1.54, 1.807) is 21.8 Å². The third kappa shape index (κ3) is 4.08. The molecule has 0 aliphatic carbocycles. The van der Waals surface area contributed by atoms with Gasteiger partial charge >= 0.3 is 0 Å². The van der Waals surface area contributed by atoms with Gasteiger partial charge in [0.1, 0.15) is 5.52 Å². The number of benzene rings is 1. The molecule has 2 fully saturated rings. The van der Waals surface area contributed by atoms with Crippen molar-refractivity contribution in [3.8, 4) is 11.4 Å². The number of hydrogen-bond acceptors (Lipinski definition) is 8. The van der Waals surface area contributed by atoms with E-state index < -0.39 is 10.0 Å². The summed E-state index contributed by atoms with van der Waals surface area (Å²) in [5, 5.41) is 12.8. The Morgan fingerprint density at radius 3 is 2.61 bits per heavy atom. The van der Waals surface area contributed by atoms with Gasteiger partial charge in [0, 0.05) is 56.4 Å². The van der Waals surface area contributed by atoms with Crippen LogP contribution in [0.2, 0.25) is 0 Å². The molecule has 12 nitrogen and oxygen atoms in total. The third-order valence-corrected chi connectivity index (χ3v) is 8.03. The number of aromatic amines is 1. The van der Waals surface area contributed by atoms with Crippen LogP contribution in [0.3, 0.4) is 0 Å². The van der Waals surface area contributed by atoms with Crippen molar-refractivity contribution in [2.75, 3.05) is 63.6 Å². The lowest BCUT2D eigenvalue weighted by Crippen LogP contribution is -2.50. The number of carbonyl (C=O) groups is 1. The monoisotopic (exact) mass is 510 g/mol. The molecule has 6 rings (SSSR count). The van der Waals surface area contributed by atoms with E-state index in [-0.39, 0.29) is 19.0 Å². The van der Waals surface area contributed by atoms with E-state index in [9.17, 15) is 13.2 Å². The average molecular weight is 511 g/mol. The Morgan fingerprint density at radius 2 is 1.86 bits per heavy atom. The van der Waals surface area contributed by atoms with Gasteiger partial charge in [-0.2, -0.15) is 9.40 Å². The molecule has 0 spiro atoms. The largest absolute Gasteiger partial charge is 0.378 e. The molecular formula is C23H26N8O4S. The molecule has 2 aliphatic heterocycles. The lowest BCUT2D eigenvalue weighted by atomic mass is 10.1. The average Bonchev–Trinajstić information content (AvgIpc) is 3.55. The van der Waals surface area contributed by atoms with E-state index in [2.05, 4.69) is 15.1 Å². The smallest absolute Gasteiger partial charge is 0.255 e. The fourth-order valence-corrected chi connectivity index (χ4v) is 5.62. The summed E-state index contributed by atoms with van der Waals surface area (Å²) in [6.45, 7) is 3.82.